The second-order valence-electron chi connectivity index (χ2n) is 7.30. The molecule has 0 atom stereocenters. The molecule has 0 aliphatic heterocycles. The van der Waals surface area contributed by atoms with Crippen molar-refractivity contribution >= 4 is 0 Å². The number of benzene rings is 2. The molecule has 0 saturated carbocycles. The van der Waals surface area contributed by atoms with Crippen molar-refractivity contribution in [2.45, 2.75) is 33.1 Å². The zero-order valence-electron chi connectivity index (χ0n) is 17.2. The molecule has 0 bridgehead atoms. The summed E-state index contributed by atoms with van der Waals surface area (Å²) in [6.45, 7) is 3.75. The number of aromatic amines is 2. The zero-order chi connectivity index (χ0) is 22.0. The number of rotatable bonds is 6. The number of aromatic nitrogens is 4. The lowest BCUT2D eigenvalue weighted by molar-refractivity contribution is 0.388. The minimum Gasteiger partial charge on any atom is -0.311 e. The predicted molar refractivity (Wildman–Crippen MR) is 114 cm³/mol. The van der Waals surface area contributed by atoms with Gasteiger partial charge in [-0.3, -0.25) is 14.3 Å². The average Bonchev–Trinajstić information content (AvgIpc) is 3.18. The summed E-state index contributed by atoms with van der Waals surface area (Å²) in [5.41, 5.74) is 3.28. The van der Waals surface area contributed by atoms with Gasteiger partial charge in [0.25, 0.3) is 5.56 Å². The second-order valence-corrected chi connectivity index (χ2v) is 7.30. The number of hydrogen-bond donors (Lipinski definition) is 2. The fraction of sp³-hybridized carbons (Fsp3) is 0.217. The number of H-pyrrole nitrogens is 2. The highest BCUT2D eigenvalue weighted by molar-refractivity contribution is 5.80. The van der Waals surface area contributed by atoms with Crippen molar-refractivity contribution in [3.63, 3.8) is 0 Å². The van der Waals surface area contributed by atoms with E-state index in [1.807, 2.05) is 19.1 Å². The van der Waals surface area contributed by atoms with Crippen LogP contribution >= 0.6 is 0 Å². The molecule has 31 heavy (non-hydrogen) atoms. The molecular formula is C23H21FN4O3. The number of nitrogens with one attached hydrogen (secondary N) is 2. The summed E-state index contributed by atoms with van der Waals surface area (Å²) in [7, 11) is 0. The van der Waals surface area contributed by atoms with Gasteiger partial charge < -0.3 is 4.98 Å². The molecule has 4 rings (SSSR count). The van der Waals surface area contributed by atoms with Gasteiger partial charge in [-0.2, -0.15) is 0 Å². The van der Waals surface area contributed by atoms with E-state index in [-0.39, 0.29) is 17.8 Å². The van der Waals surface area contributed by atoms with E-state index >= 15 is 4.39 Å². The molecule has 0 aliphatic carbocycles. The maximum atomic E-state index is 15.1. The summed E-state index contributed by atoms with van der Waals surface area (Å²) in [5.74, 6) is -0.267. The number of nitrogens with zero attached hydrogens (tertiary/aromatic N) is 2. The third-order valence-corrected chi connectivity index (χ3v) is 5.06. The number of hydrogen-bond acceptors (Lipinski definition) is 5. The summed E-state index contributed by atoms with van der Waals surface area (Å²) in [6, 6.07) is 12.1. The lowest BCUT2D eigenvalue weighted by Gasteiger charge is -2.11. The van der Waals surface area contributed by atoms with Gasteiger partial charge in [0.15, 0.2) is 5.82 Å². The molecule has 0 unspecified atom stereocenters. The van der Waals surface area contributed by atoms with Gasteiger partial charge in [0.2, 0.25) is 0 Å². The fourth-order valence-electron chi connectivity index (χ4n) is 3.63. The van der Waals surface area contributed by atoms with E-state index in [0.717, 1.165) is 6.42 Å². The van der Waals surface area contributed by atoms with Crippen LogP contribution in [0.2, 0.25) is 0 Å². The van der Waals surface area contributed by atoms with Crippen molar-refractivity contribution in [2.24, 2.45) is 0 Å². The average molecular weight is 420 g/mol. The molecule has 4 aromatic rings. The molecule has 7 nitrogen and oxygen atoms in total. The third-order valence-electron chi connectivity index (χ3n) is 5.06. The fourth-order valence-corrected chi connectivity index (χ4v) is 3.63. The van der Waals surface area contributed by atoms with Crippen LogP contribution in [0.3, 0.4) is 0 Å². The molecule has 0 saturated heterocycles. The summed E-state index contributed by atoms with van der Waals surface area (Å²) in [4.78, 5) is 33.5. The van der Waals surface area contributed by atoms with Gasteiger partial charge in [-0.1, -0.05) is 54.9 Å². The maximum absolute atomic E-state index is 15.1. The largest absolute Gasteiger partial charge is 0.439 e. The normalized spacial score (nSPS) is 11.1. The van der Waals surface area contributed by atoms with E-state index in [9.17, 15) is 9.59 Å². The number of halogens is 1. The first kappa shape index (κ1) is 20.5. The second kappa shape index (κ2) is 8.51. The molecule has 0 radical (unpaired) electrons. The molecule has 8 heteroatoms. The minimum atomic E-state index is -0.661. The van der Waals surface area contributed by atoms with Crippen LogP contribution in [-0.4, -0.2) is 20.1 Å². The van der Waals surface area contributed by atoms with E-state index < -0.39 is 11.6 Å². The standard InChI is InChI=1S/C23H21FN4O3/c1-3-6-20-18(22(29)26-13(2)25-20)11-15-10-9-14(12-19(15)24)16-7-4-5-8-17(16)21-27-23(30)31-28-21/h4-5,7-10,12H,3,6,11H2,1-2H3,(H,25,26,29)(H,27,28,30). The maximum Gasteiger partial charge on any atom is 0.439 e. The highest BCUT2D eigenvalue weighted by Gasteiger charge is 2.16. The first-order valence-corrected chi connectivity index (χ1v) is 9.99. The van der Waals surface area contributed by atoms with Crippen molar-refractivity contribution in [2.75, 3.05) is 0 Å². The molecule has 2 heterocycles. The Balaban J connectivity index is 1.72. The van der Waals surface area contributed by atoms with Crippen LogP contribution in [0.5, 0.6) is 0 Å². The van der Waals surface area contributed by atoms with Crippen LogP contribution < -0.4 is 11.3 Å². The summed E-state index contributed by atoms with van der Waals surface area (Å²) in [6.07, 6.45) is 1.65. The van der Waals surface area contributed by atoms with Crippen LogP contribution in [-0.2, 0) is 12.8 Å². The van der Waals surface area contributed by atoms with Gasteiger partial charge in [0.05, 0.1) is 5.69 Å². The molecule has 2 aromatic carbocycles. The van der Waals surface area contributed by atoms with Crippen molar-refractivity contribution in [3.05, 3.63) is 91.8 Å². The summed E-state index contributed by atoms with van der Waals surface area (Å²) in [5, 5.41) is 3.73. The van der Waals surface area contributed by atoms with E-state index in [1.165, 1.54) is 6.07 Å². The first-order chi connectivity index (χ1) is 15.0. The number of aryl methyl sites for hydroxylation is 2. The van der Waals surface area contributed by atoms with Gasteiger partial charge in [-0.25, -0.2) is 14.2 Å². The van der Waals surface area contributed by atoms with Gasteiger partial charge in [-0.15, -0.1) is 0 Å². The lowest BCUT2D eigenvalue weighted by Crippen LogP contribution is -2.20. The highest BCUT2D eigenvalue weighted by atomic mass is 19.1. The van der Waals surface area contributed by atoms with Crippen molar-refractivity contribution < 1.29 is 8.91 Å². The minimum absolute atomic E-state index is 0.155. The lowest BCUT2D eigenvalue weighted by atomic mass is 9.96. The zero-order valence-corrected chi connectivity index (χ0v) is 17.2. The van der Waals surface area contributed by atoms with Gasteiger partial charge in [0, 0.05) is 17.5 Å². The van der Waals surface area contributed by atoms with Gasteiger partial charge in [-0.05, 0) is 36.1 Å². The van der Waals surface area contributed by atoms with Crippen LogP contribution in [0.15, 0.2) is 56.6 Å². The molecule has 0 amide bonds. The molecule has 0 aliphatic rings. The Morgan fingerprint density at radius 3 is 2.52 bits per heavy atom. The smallest absolute Gasteiger partial charge is 0.311 e. The van der Waals surface area contributed by atoms with E-state index in [0.29, 0.717) is 45.8 Å². The Morgan fingerprint density at radius 2 is 1.84 bits per heavy atom. The SMILES string of the molecule is CCCc1nc(C)[nH]c(=O)c1Cc1ccc(-c2ccccc2-c2noc(=O)[nH]2)cc1F. The van der Waals surface area contributed by atoms with E-state index in [4.69, 9.17) is 0 Å². The Labute approximate surface area is 177 Å². The third kappa shape index (κ3) is 4.23. The van der Waals surface area contributed by atoms with Crippen LogP contribution in [0.25, 0.3) is 22.5 Å². The van der Waals surface area contributed by atoms with Crippen LogP contribution in [0.1, 0.15) is 36.0 Å². The van der Waals surface area contributed by atoms with Crippen molar-refractivity contribution in [1.82, 2.24) is 20.1 Å². The highest BCUT2D eigenvalue weighted by Crippen LogP contribution is 2.31. The molecule has 158 valence electrons. The quantitative estimate of drug-likeness (QED) is 0.494. The summed E-state index contributed by atoms with van der Waals surface area (Å²) >= 11 is 0. The molecular weight excluding hydrogens is 399 g/mol. The van der Waals surface area contributed by atoms with Gasteiger partial charge in [0.1, 0.15) is 11.6 Å². The van der Waals surface area contributed by atoms with E-state index in [1.54, 1.807) is 31.2 Å². The van der Waals surface area contributed by atoms with E-state index in [2.05, 4.69) is 24.6 Å². The molecule has 2 N–H and O–H groups in total. The monoisotopic (exact) mass is 420 g/mol. The van der Waals surface area contributed by atoms with Crippen LogP contribution in [0.4, 0.5) is 4.39 Å². The molecule has 0 fully saturated rings. The van der Waals surface area contributed by atoms with Crippen molar-refractivity contribution in [3.8, 4) is 22.5 Å². The van der Waals surface area contributed by atoms with Gasteiger partial charge >= 0.3 is 5.76 Å². The Kier molecular flexibility index (Phi) is 5.62. The Morgan fingerprint density at radius 1 is 1.06 bits per heavy atom. The molecule has 0 spiro atoms. The predicted octanol–water partition coefficient (Wildman–Crippen LogP) is 3.77. The Bertz CT molecular complexity index is 1350. The molecule has 2 aromatic heterocycles. The topological polar surface area (TPSA) is 105 Å². The summed E-state index contributed by atoms with van der Waals surface area (Å²) < 4.78 is 19.7. The van der Waals surface area contributed by atoms with Crippen molar-refractivity contribution in [1.29, 1.82) is 0 Å². The Hall–Kier alpha value is -3.81. The first-order valence-electron chi connectivity index (χ1n) is 9.99. The van der Waals surface area contributed by atoms with Crippen LogP contribution in [0, 0.1) is 12.7 Å².